The van der Waals surface area contributed by atoms with Gasteiger partial charge in [0.05, 0.1) is 12.0 Å². The number of amides is 1. The van der Waals surface area contributed by atoms with Crippen LogP contribution in [0.25, 0.3) is 0 Å². The van der Waals surface area contributed by atoms with Crippen LogP contribution in [0.1, 0.15) is 56.3 Å². The molecule has 2 aromatic carbocycles. The summed E-state index contributed by atoms with van der Waals surface area (Å²) >= 11 is 0. The number of benzene rings is 2. The Bertz CT molecular complexity index is 785. The predicted molar refractivity (Wildman–Crippen MR) is 96.5 cm³/mol. The third kappa shape index (κ3) is 4.45. The van der Waals surface area contributed by atoms with E-state index < -0.39 is 17.8 Å². The van der Waals surface area contributed by atoms with Gasteiger partial charge < -0.3 is 5.32 Å². The van der Waals surface area contributed by atoms with Crippen LogP contribution in [0.15, 0.2) is 48.5 Å². The zero-order valence-electron chi connectivity index (χ0n) is 15.0. The molecule has 0 radical (unpaired) electrons. The highest BCUT2D eigenvalue weighted by Crippen LogP contribution is 2.25. The number of nitrogens with one attached hydrogen (secondary N) is 1. The smallest absolute Gasteiger partial charge is 0.228 e. The first-order valence-electron chi connectivity index (χ1n) is 8.29. The summed E-state index contributed by atoms with van der Waals surface area (Å²) in [5, 5.41) is 12.1. The second-order valence-corrected chi connectivity index (χ2v) is 7.19. The lowest BCUT2D eigenvalue weighted by Crippen LogP contribution is -2.31. The normalized spacial score (nSPS) is 13.6. The molecule has 25 heavy (non-hydrogen) atoms. The summed E-state index contributed by atoms with van der Waals surface area (Å²) < 4.78 is 13.9. The molecule has 1 amide bonds. The Hall–Kier alpha value is -2.67. The lowest BCUT2D eigenvalue weighted by atomic mass is 9.86. The summed E-state index contributed by atoms with van der Waals surface area (Å²) in [4.78, 5) is 12.4. The molecular weight excluding hydrogens is 315 g/mol. The molecule has 0 aliphatic heterocycles. The standard InChI is InChI=1S/C21H23FN2O/c1-14(17-7-5-6-8-18(17)22)20(25)24-19(13-23)15-9-11-16(12-10-15)21(2,3)4/h5-12,14,19H,1-4H3,(H,24,25). The minimum Gasteiger partial charge on any atom is -0.336 e. The van der Waals surface area contributed by atoms with E-state index in [0.717, 1.165) is 5.56 Å². The second kappa shape index (κ2) is 7.48. The molecule has 4 heteroatoms. The summed E-state index contributed by atoms with van der Waals surface area (Å²) in [6.07, 6.45) is 0. The molecule has 2 unspecified atom stereocenters. The van der Waals surface area contributed by atoms with Gasteiger partial charge in [0.2, 0.25) is 5.91 Å². The molecule has 3 nitrogen and oxygen atoms in total. The molecule has 130 valence electrons. The van der Waals surface area contributed by atoms with E-state index in [1.165, 1.54) is 6.07 Å². The maximum absolute atomic E-state index is 13.9. The van der Waals surface area contributed by atoms with Gasteiger partial charge in [0, 0.05) is 0 Å². The second-order valence-electron chi connectivity index (χ2n) is 7.19. The number of nitrogens with zero attached hydrogens (tertiary/aromatic N) is 1. The van der Waals surface area contributed by atoms with E-state index in [0.29, 0.717) is 11.1 Å². The van der Waals surface area contributed by atoms with Gasteiger partial charge in [-0.1, -0.05) is 63.2 Å². The molecule has 2 rings (SSSR count). The Morgan fingerprint density at radius 1 is 1.12 bits per heavy atom. The van der Waals surface area contributed by atoms with Crippen molar-refractivity contribution < 1.29 is 9.18 Å². The summed E-state index contributed by atoms with van der Waals surface area (Å²) in [6.45, 7) is 7.97. The fraction of sp³-hybridized carbons (Fsp3) is 0.333. The van der Waals surface area contributed by atoms with E-state index in [4.69, 9.17) is 0 Å². The number of carbonyl (C=O) groups excluding carboxylic acids is 1. The Morgan fingerprint density at radius 3 is 2.24 bits per heavy atom. The Kier molecular flexibility index (Phi) is 5.58. The van der Waals surface area contributed by atoms with Crippen molar-refractivity contribution in [3.8, 4) is 6.07 Å². The molecular formula is C21H23FN2O. The average Bonchev–Trinajstić information content (AvgIpc) is 2.58. The van der Waals surface area contributed by atoms with Crippen LogP contribution in [-0.4, -0.2) is 5.91 Å². The highest BCUT2D eigenvalue weighted by molar-refractivity contribution is 5.84. The molecule has 2 aromatic rings. The van der Waals surface area contributed by atoms with Crippen LogP contribution >= 0.6 is 0 Å². The highest BCUT2D eigenvalue weighted by atomic mass is 19.1. The third-order valence-corrected chi connectivity index (χ3v) is 4.29. The Labute approximate surface area is 148 Å². The minimum absolute atomic E-state index is 0.0171. The Morgan fingerprint density at radius 2 is 1.72 bits per heavy atom. The monoisotopic (exact) mass is 338 g/mol. The lowest BCUT2D eigenvalue weighted by Gasteiger charge is -2.21. The summed E-state index contributed by atoms with van der Waals surface area (Å²) in [7, 11) is 0. The van der Waals surface area contributed by atoms with Gasteiger partial charge in [-0.05, 0) is 35.1 Å². The quantitative estimate of drug-likeness (QED) is 0.885. The van der Waals surface area contributed by atoms with E-state index in [2.05, 4.69) is 32.2 Å². The zero-order chi connectivity index (χ0) is 18.6. The molecule has 0 saturated carbocycles. The highest BCUT2D eigenvalue weighted by Gasteiger charge is 2.22. The van der Waals surface area contributed by atoms with Gasteiger partial charge in [-0.25, -0.2) is 4.39 Å². The van der Waals surface area contributed by atoms with Crippen LogP contribution in [-0.2, 0) is 10.2 Å². The summed E-state index contributed by atoms with van der Waals surface area (Å²) in [5.41, 5.74) is 2.20. The van der Waals surface area contributed by atoms with Crippen molar-refractivity contribution in [2.45, 2.75) is 45.1 Å². The molecule has 0 spiro atoms. The SMILES string of the molecule is CC(C(=O)NC(C#N)c1ccc(C(C)(C)C)cc1)c1ccccc1F. The van der Waals surface area contributed by atoms with Crippen molar-refractivity contribution in [2.24, 2.45) is 0 Å². The first-order valence-corrected chi connectivity index (χ1v) is 8.29. The van der Waals surface area contributed by atoms with Gasteiger partial charge in [-0.15, -0.1) is 0 Å². The molecule has 2 atom stereocenters. The zero-order valence-corrected chi connectivity index (χ0v) is 15.0. The fourth-order valence-corrected chi connectivity index (χ4v) is 2.60. The number of rotatable bonds is 4. The van der Waals surface area contributed by atoms with Crippen LogP contribution in [0, 0.1) is 17.1 Å². The van der Waals surface area contributed by atoms with Crippen molar-refractivity contribution in [1.29, 1.82) is 5.26 Å². The molecule has 0 fully saturated rings. The summed E-state index contributed by atoms with van der Waals surface area (Å²) in [5.74, 6) is -1.48. The molecule has 0 saturated heterocycles. The van der Waals surface area contributed by atoms with Gasteiger partial charge >= 0.3 is 0 Å². The van der Waals surface area contributed by atoms with Crippen LogP contribution < -0.4 is 5.32 Å². The van der Waals surface area contributed by atoms with Crippen molar-refractivity contribution >= 4 is 5.91 Å². The van der Waals surface area contributed by atoms with E-state index >= 15 is 0 Å². The molecule has 0 aliphatic carbocycles. The maximum atomic E-state index is 13.9. The van der Waals surface area contributed by atoms with Crippen molar-refractivity contribution in [3.05, 3.63) is 71.0 Å². The number of nitriles is 1. The van der Waals surface area contributed by atoms with E-state index in [9.17, 15) is 14.4 Å². The first-order chi connectivity index (χ1) is 11.7. The van der Waals surface area contributed by atoms with E-state index in [1.807, 2.05) is 24.3 Å². The van der Waals surface area contributed by atoms with E-state index in [1.54, 1.807) is 25.1 Å². The number of hydrogen-bond acceptors (Lipinski definition) is 2. The van der Waals surface area contributed by atoms with Crippen molar-refractivity contribution in [3.63, 3.8) is 0 Å². The maximum Gasteiger partial charge on any atom is 0.228 e. The lowest BCUT2D eigenvalue weighted by molar-refractivity contribution is -0.122. The van der Waals surface area contributed by atoms with Crippen LogP contribution in [0.4, 0.5) is 4.39 Å². The number of hydrogen-bond donors (Lipinski definition) is 1. The van der Waals surface area contributed by atoms with Crippen molar-refractivity contribution in [1.82, 2.24) is 5.32 Å². The van der Waals surface area contributed by atoms with Gasteiger partial charge in [-0.2, -0.15) is 5.26 Å². The predicted octanol–water partition coefficient (Wildman–Crippen LogP) is 4.61. The topological polar surface area (TPSA) is 52.9 Å². The number of halogens is 1. The summed E-state index contributed by atoms with van der Waals surface area (Å²) in [6, 6.07) is 15.1. The van der Waals surface area contributed by atoms with Gasteiger partial charge in [0.15, 0.2) is 0 Å². The first kappa shape index (κ1) is 18.7. The van der Waals surface area contributed by atoms with E-state index in [-0.39, 0.29) is 11.3 Å². The largest absolute Gasteiger partial charge is 0.336 e. The minimum atomic E-state index is -0.768. The molecule has 0 aromatic heterocycles. The Balaban J connectivity index is 2.15. The molecule has 1 N–H and O–H groups in total. The molecule has 0 aliphatic rings. The number of carbonyl (C=O) groups is 1. The van der Waals surface area contributed by atoms with Gasteiger partial charge in [0.25, 0.3) is 0 Å². The van der Waals surface area contributed by atoms with Crippen LogP contribution in [0.5, 0.6) is 0 Å². The molecule has 0 heterocycles. The van der Waals surface area contributed by atoms with Crippen molar-refractivity contribution in [2.75, 3.05) is 0 Å². The average molecular weight is 338 g/mol. The van der Waals surface area contributed by atoms with Crippen LogP contribution in [0.3, 0.4) is 0 Å². The fourth-order valence-electron chi connectivity index (χ4n) is 2.60. The van der Waals surface area contributed by atoms with Gasteiger partial charge in [-0.3, -0.25) is 4.79 Å². The van der Waals surface area contributed by atoms with Crippen LogP contribution in [0.2, 0.25) is 0 Å². The third-order valence-electron chi connectivity index (χ3n) is 4.29. The van der Waals surface area contributed by atoms with Gasteiger partial charge in [0.1, 0.15) is 11.9 Å². The molecule has 0 bridgehead atoms.